The molecule has 5 nitrogen and oxygen atoms in total. The minimum Gasteiger partial charge on any atom is -0.459 e. The molecule has 142 valence electrons. The number of aryl methyl sites for hydroxylation is 1. The van der Waals surface area contributed by atoms with E-state index >= 15 is 0 Å². The van der Waals surface area contributed by atoms with Crippen LogP contribution in [0.1, 0.15) is 31.2 Å². The highest BCUT2D eigenvalue weighted by Crippen LogP contribution is 2.33. The average molecular weight is 387 g/mol. The van der Waals surface area contributed by atoms with Crippen molar-refractivity contribution in [2.45, 2.75) is 31.7 Å². The van der Waals surface area contributed by atoms with E-state index in [9.17, 15) is 9.18 Å². The molecule has 3 rings (SSSR count). The number of anilines is 1. The molecular formula is C20H22FN3O2S. The summed E-state index contributed by atoms with van der Waals surface area (Å²) in [4.78, 5) is 13.4. The molecule has 27 heavy (non-hydrogen) atoms. The molecule has 1 atom stereocenters. The maximum atomic E-state index is 13.6. The molecule has 0 saturated carbocycles. The molecule has 7 heteroatoms. The molecular weight excluding hydrogens is 365 g/mol. The van der Waals surface area contributed by atoms with Crippen molar-refractivity contribution < 1.29 is 13.6 Å². The third-order valence-corrected chi connectivity index (χ3v) is 4.92. The van der Waals surface area contributed by atoms with Crippen molar-refractivity contribution in [3.8, 4) is 0 Å². The van der Waals surface area contributed by atoms with E-state index in [4.69, 9.17) is 9.56 Å². The van der Waals surface area contributed by atoms with Gasteiger partial charge < -0.3 is 15.1 Å². The van der Waals surface area contributed by atoms with Crippen LogP contribution in [-0.2, 0) is 0 Å². The van der Waals surface area contributed by atoms with E-state index in [0.29, 0.717) is 22.4 Å². The van der Waals surface area contributed by atoms with Gasteiger partial charge in [0.2, 0.25) is 0 Å². The lowest BCUT2D eigenvalue weighted by atomic mass is 9.98. The summed E-state index contributed by atoms with van der Waals surface area (Å²) in [5.74, 6) is 0.389. The number of nitrogens with two attached hydrogens (primary N) is 1. The minimum atomic E-state index is -0.354. The van der Waals surface area contributed by atoms with Crippen LogP contribution in [0.4, 0.5) is 14.9 Å². The van der Waals surface area contributed by atoms with Crippen LogP contribution in [-0.4, -0.2) is 6.03 Å². The van der Waals surface area contributed by atoms with Crippen LogP contribution in [0.3, 0.4) is 0 Å². The molecule has 0 aliphatic rings. The molecule has 0 fully saturated rings. The lowest BCUT2D eigenvalue weighted by Crippen LogP contribution is -2.35. The maximum Gasteiger partial charge on any atom is 0.319 e. The second kappa shape index (κ2) is 8.02. The van der Waals surface area contributed by atoms with Gasteiger partial charge in [0.1, 0.15) is 17.2 Å². The number of carbonyl (C=O) groups excluding carboxylic acids is 1. The van der Waals surface area contributed by atoms with Gasteiger partial charge >= 0.3 is 6.03 Å². The van der Waals surface area contributed by atoms with Gasteiger partial charge in [-0.25, -0.2) is 9.18 Å². The Kier molecular flexibility index (Phi) is 5.72. The topological polar surface area (TPSA) is 80.3 Å². The third kappa shape index (κ3) is 4.26. The zero-order valence-corrected chi connectivity index (χ0v) is 16.2. The molecule has 0 bridgehead atoms. The number of amides is 2. The minimum absolute atomic E-state index is 0.0748. The first-order valence-electron chi connectivity index (χ1n) is 8.62. The fourth-order valence-corrected chi connectivity index (χ4v) is 3.35. The van der Waals surface area contributed by atoms with Crippen molar-refractivity contribution in [2.24, 2.45) is 11.1 Å². The summed E-state index contributed by atoms with van der Waals surface area (Å²) in [6.45, 7) is 5.85. The fourth-order valence-electron chi connectivity index (χ4n) is 3.00. The number of hydrogen-bond donors (Lipinski definition) is 3. The van der Waals surface area contributed by atoms with E-state index in [2.05, 4.69) is 10.6 Å². The Bertz CT molecular complexity index is 971. The van der Waals surface area contributed by atoms with Gasteiger partial charge in [-0.15, -0.1) is 0 Å². The van der Waals surface area contributed by atoms with Gasteiger partial charge in [0.25, 0.3) is 0 Å². The number of halogens is 1. The molecule has 4 N–H and O–H groups in total. The average Bonchev–Trinajstić information content (AvgIpc) is 2.95. The van der Waals surface area contributed by atoms with E-state index in [1.165, 1.54) is 12.1 Å². The molecule has 2 aromatic carbocycles. The molecule has 1 aromatic heterocycles. The Morgan fingerprint density at radius 1 is 1.22 bits per heavy atom. The summed E-state index contributed by atoms with van der Waals surface area (Å²) in [6, 6.07) is 11.0. The number of hydrogen-bond acceptors (Lipinski definition) is 4. The highest BCUT2D eigenvalue weighted by Gasteiger charge is 2.25. The summed E-state index contributed by atoms with van der Waals surface area (Å²) in [5.41, 5.74) is 2.07. The summed E-state index contributed by atoms with van der Waals surface area (Å²) in [7, 11) is 0. The van der Waals surface area contributed by atoms with E-state index in [-0.39, 0.29) is 23.8 Å². The van der Waals surface area contributed by atoms with Crippen LogP contribution in [0.25, 0.3) is 11.0 Å². The van der Waals surface area contributed by atoms with Crippen molar-refractivity contribution in [2.75, 3.05) is 5.32 Å². The van der Waals surface area contributed by atoms with Crippen molar-refractivity contribution >= 4 is 34.6 Å². The second-order valence-electron chi connectivity index (χ2n) is 6.70. The monoisotopic (exact) mass is 387 g/mol. The Hall–Kier alpha value is -2.51. The van der Waals surface area contributed by atoms with Gasteiger partial charge in [-0.3, -0.25) is 5.14 Å². The molecule has 2 amide bonds. The smallest absolute Gasteiger partial charge is 0.319 e. The first-order valence-corrected chi connectivity index (χ1v) is 9.50. The normalized spacial score (nSPS) is 12.4. The summed E-state index contributed by atoms with van der Waals surface area (Å²) >= 11 is 1.11. The zero-order chi connectivity index (χ0) is 19.6. The number of nitrogens with one attached hydrogen (secondary N) is 2. The van der Waals surface area contributed by atoms with Crippen LogP contribution >= 0.6 is 11.9 Å². The Morgan fingerprint density at radius 2 is 2.00 bits per heavy atom. The number of fused-ring (bicyclic) bond motifs is 1. The Labute approximate surface area is 161 Å². The number of benzene rings is 2. The van der Waals surface area contributed by atoms with Crippen LogP contribution in [0.2, 0.25) is 0 Å². The van der Waals surface area contributed by atoms with E-state index < -0.39 is 0 Å². The Balaban J connectivity index is 1.83. The quantitative estimate of drug-likeness (QED) is 0.515. The van der Waals surface area contributed by atoms with E-state index in [0.717, 1.165) is 22.4 Å². The van der Waals surface area contributed by atoms with Crippen LogP contribution in [0.15, 0.2) is 51.8 Å². The molecule has 3 aromatic rings. The zero-order valence-electron chi connectivity index (χ0n) is 15.4. The van der Waals surface area contributed by atoms with Gasteiger partial charge in [0.05, 0.1) is 6.04 Å². The van der Waals surface area contributed by atoms with Crippen LogP contribution < -0.4 is 15.8 Å². The predicted octanol–water partition coefficient (Wildman–Crippen LogP) is 5.36. The molecule has 1 unspecified atom stereocenters. The van der Waals surface area contributed by atoms with E-state index in [1.54, 1.807) is 18.2 Å². The van der Waals surface area contributed by atoms with Crippen LogP contribution in [0.5, 0.6) is 0 Å². The summed E-state index contributed by atoms with van der Waals surface area (Å²) < 4.78 is 19.5. The number of furan rings is 1. The first kappa shape index (κ1) is 19.3. The number of urea groups is 1. The van der Waals surface area contributed by atoms with Gasteiger partial charge in [-0.1, -0.05) is 19.9 Å². The molecule has 1 heterocycles. The van der Waals surface area contributed by atoms with Gasteiger partial charge in [0, 0.05) is 21.5 Å². The highest BCUT2D eigenvalue weighted by molar-refractivity contribution is 7.97. The van der Waals surface area contributed by atoms with Crippen molar-refractivity contribution in [1.82, 2.24) is 5.32 Å². The molecule has 0 saturated heterocycles. The number of carbonyl (C=O) groups is 1. The van der Waals surface area contributed by atoms with Crippen LogP contribution in [0, 0.1) is 18.7 Å². The Morgan fingerprint density at radius 3 is 2.70 bits per heavy atom. The summed E-state index contributed by atoms with van der Waals surface area (Å²) in [5, 5.41) is 12.0. The largest absolute Gasteiger partial charge is 0.459 e. The molecule has 0 radical (unpaired) electrons. The van der Waals surface area contributed by atoms with Crippen molar-refractivity contribution in [3.05, 3.63) is 59.6 Å². The highest BCUT2D eigenvalue weighted by atomic mass is 32.2. The molecule has 0 spiro atoms. The fraction of sp³-hybridized carbons (Fsp3) is 0.250. The maximum absolute atomic E-state index is 13.6. The molecule has 0 aliphatic heterocycles. The standard InChI is InChI=1S/C20H22FN3O2S/c1-11(2)18(19-12(3)16-9-13(21)7-8-17(16)26-19)24-20(25)23-14-5-4-6-15(10-14)27-22/h4-11,18H,22H2,1-3H3,(H2,23,24,25). The van der Waals surface area contributed by atoms with Gasteiger partial charge in [0.15, 0.2) is 0 Å². The van der Waals surface area contributed by atoms with Gasteiger partial charge in [-0.2, -0.15) is 0 Å². The SMILES string of the molecule is Cc1c(C(NC(=O)Nc2cccc(SN)c2)C(C)C)oc2ccc(F)cc12. The number of rotatable bonds is 5. The first-order chi connectivity index (χ1) is 12.9. The predicted molar refractivity (Wildman–Crippen MR) is 107 cm³/mol. The summed E-state index contributed by atoms with van der Waals surface area (Å²) in [6.07, 6.45) is 0. The lowest BCUT2D eigenvalue weighted by molar-refractivity contribution is 0.241. The molecule has 0 aliphatic carbocycles. The third-order valence-electron chi connectivity index (χ3n) is 4.40. The van der Waals surface area contributed by atoms with Crippen molar-refractivity contribution in [1.29, 1.82) is 0 Å². The lowest BCUT2D eigenvalue weighted by Gasteiger charge is -2.21. The second-order valence-corrected chi connectivity index (χ2v) is 7.40. The van der Waals surface area contributed by atoms with Crippen molar-refractivity contribution in [3.63, 3.8) is 0 Å². The van der Waals surface area contributed by atoms with Gasteiger partial charge in [-0.05, 0) is 61.2 Å². The van der Waals surface area contributed by atoms with E-state index in [1.807, 2.05) is 32.9 Å².